The first-order valence-electron chi connectivity index (χ1n) is 10.9. The minimum absolute atomic E-state index is 0.276. The average Bonchev–Trinajstić information content (AvgIpc) is 3.15. The van der Waals surface area contributed by atoms with Crippen LogP contribution in [0, 0.1) is 13.8 Å². The lowest BCUT2D eigenvalue weighted by molar-refractivity contribution is 0.0955. The summed E-state index contributed by atoms with van der Waals surface area (Å²) in [7, 11) is 0. The summed E-state index contributed by atoms with van der Waals surface area (Å²) < 4.78 is 8.91. The standard InChI is InChI=1S/C27H25BrN4O2/c1-19-14-20(2)32(31-19)17-21-10-12-23(13-11-21)27(33)30-29-16-24-7-3-4-9-26(24)34-18-22-6-5-8-25(28)15-22/h3-16H,17-18H2,1-2H3,(H,30,33)/b29-16+. The topological polar surface area (TPSA) is 68.5 Å². The summed E-state index contributed by atoms with van der Waals surface area (Å²) in [6.45, 7) is 5.10. The molecule has 1 amide bonds. The zero-order chi connectivity index (χ0) is 23.9. The van der Waals surface area contributed by atoms with Crippen LogP contribution in [0.5, 0.6) is 5.75 Å². The summed E-state index contributed by atoms with van der Waals surface area (Å²) in [5.41, 5.74) is 8.12. The van der Waals surface area contributed by atoms with Crippen molar-refractivity contribution in [2.45, 2.75) is 27.0 Å². The van der Waals surface area contributed by atoms with Crippen LogP contribution in [0.2, 0.25) is 0 Å². The van der Waals surface area contributed by atoms with Crippen LogP contribution in [0.4, 0.5) is 0 Å². The summed E-state index contributed by atoms with van der Waals surface area (Å²) in [5.74, 6) is 0.412. The van der Waals surface area contributed by atoms with E-state index in [9.17, 15) is 4.79 Å². The number of ether oxygens (including phenoxy) is 1. The SMILES string of the molecule is Cc1cc(C)n(Cc2ccc(C(=O)N/N=C/c3ccccc3OCc3cccc(Br)c3)cc2)n1. The number of benzene rings is 3. The summed E-state index contributed by atoms with van der Waals surface area (Å²) in [6.07, 6.45) is 1.59. The first-order chi connectivity index (χ1) is 16.5. The second kappa shape index (κ2) is 10.9. The Hall–Kier alpha value is -3.71. The third-order valence-corrected chi connectivity index (χ3v) is 5.72. The van der Waals surface area contributed by atoms with Gasteiger partial charge >= 0.3 is 0 Å². The lowest BCUT2D eigenvalue weighted by atomic mass is 10.1. The fraction of sp³-hybridized carbons (Fsp3) is 0.148. The molecule has 0 aliphatic heterocycles. The van der Waals surface area contributed by atoms with Crippen LogP contribution in [-0.4, -0.2) is 21.9 Å². The number of aryl methyl sites for hydroxylation is 2. The largest absolute Gasteiger partial charge is 0.488 e. The molecular formula is C27H25BrN4O2. The molecule has 0 aliphatic carbocycles. The molecule has 0 saturated carbocycles. The first-order valence-corrected chi connectivity index (χ1v) is 11.7. The Bertz CT molecular complexity index is 1310. The monoisotopic (exact) mass is 516 g/mol. The van der Waals surface area contributed by atoms with Crippen molar-refractivity contribution in [2.24, 2.45) is 5.10 Å². The number of rotatable bonds is 8. The highest BCUT2D eigenvalue weighted by Gasteiger charge is 2.07. The van der Waals surface area contributed by atoms with Crippen LogP contribution in [0.25, 0.3) is 0 Å². The molecule has 0 atom stereocenters. The van der Waals surface area contributed by atoms with Crippen molar-refractivity contribution in [3.05, 3.63) is 117 Å². The van der Waals surface area contributed by atoms with Gasteiger partial charge in [-0.1, -0.05) is 52.3 Å². The van der Waals surface area contributed by atoms with Crippen LogP contribution < -0.4 is 10.2 Å². The van der Waals surface area contributed by atoms with Gasteiger partial charge in [0.15, 0.2) is 0 Å². The third kappa shape index (κ3) is 6.20. The maximum absolute atomic E-state index is 12.5. The highest BCUT2D eigenvalue weighted by atomic mass is 79.9. The minimum Gasteiger partial charge on any atom is -0.488 e. The molecule has 1 heterocycles. The Balaban J connectivity index is 1.35. The van der Waals surface area contributed by atoms with E-state index < -0.39 is 0 Å². The fourth-order valence-corrected chi connectivity index (χ4v) is 3.95. The van der Waals surface area contributed by atoms with Gasteiger partial charge in [0.05, 0.1) is 18.5 Å². The lowest BCUT2D eigenvalue weighted by Gasteiger charge is -2.09. The predicted molar refractivity (Wildman–Crippen MR) is 137 cm³/mol. The molecule has 7 heteroatoms. The van der Waals surface area contributed by atoms with Crippen LogP contribution in [-0.2, 0) is 13.2 Å². The Kier molecular flexibility index (Phi) is 7.54. The number of halogens is 1. The Morgan fingerprint density at radius 1 is 1.03 bits per heavy atom. The second-order valence-electron chi connectivity index (χ2n) is 7.94. The maximum atomic E-state index is 12.5. The number of nitrogens with one attached hydrogen (secondary N) is 1. The van der Waals surface area contributed by atoms with Gasteiger partial charge in [-0.05, 0) is 67.4 Å². The van der Waals surface area contributed by atoms with Crippen molar-refractivity contribution in [3.63, 3.8) is 0 Å². The Morgan fingerprint density at radius 2 is 1.82 bits per heavy atom. The number of hydrogen-bond donors (Lipinski definition) is 1. The first kappa shape index (κ1) is 23.4. The molecule has 1 N–H and O–H groups in total. The van der Waals surface area contributed by atoms with Crippen molar-refractivity contribution in [3.8, 4) is 5.75 Å². The quantitative estimate of drug-likeness (QED) is 0.243. The van der Waals surface area contributed by atoms with Gasteiger partial charge < -0.3 is 4.74 Å². The second-order valence-corrected chi connectivity index (χ2v) is 8.85. The molecule has 4 rings (SSSR count). The molecule has 34 heavy (non-hydrogen) atoms. The fourth-order valence-electron chi connectivity index (χ4n) is 3.50. The van der Waals surface area contributed by atoms with Crippen molar-refractivity contribution < 1.29 is 9.53 Å². The van der Waals surface area contributed by atoms with E-state index in [-0.39, 0.29) is 5.91 Å². The molecule has 0 saturated heterocycles. The van der Waals surface area contributed by atoms with Crippen molar-refractivity contribution in [1.29, 1.82) is 0 Å². The zero-order valence-corrected chi connectivity index (χ0v) is 20.6. The maximum Gasteiger partial charge on any atom is 0.271 e. The van der Waals surface area contributed by atoms with E-state index in [2.05, 4.69) is 31.6 Å². The van der Waals surface area contributed by atoms with Gasteiger partial charge in [-0.2, -0.15) is 10.2 Å². The summed E-state index contributed by atoms with van der Waals surface area (Å²) in [6, 6.07) is 25.0. The highest BCUT2D eigenvalue weighted by Crippen LogP contribution is 2.19. The van der Waals surface area contributed by atoms with Gasteiger partial charge in [0.25, 0.3) is 5.91 Å². The molecule has 6 nitrogen and oxygen atoms in total. The Morgan fingerprint density at radius 3 is 2.56 bits per heavy atom. The highest BCUT2D eigenvalue weighted by molar-refractivity contribution is 9.10. The number of nitrogens with zero attached hydrogens (tertiary/aromatic N) is 3. The molecule has 172 valence electrons. The smallest absolute Gasteiger partial charge is 0.271 e. The zero-order valence-electron chi connectivity index (χ0n) is 19.0. The molecular weight excluding hydrogens is 492 g/mol. The molecule has 3 aromatic carbocycles. The van der Waals surface area contributed by atoms with Gasteiger partial charge in [-0.3, -0.25) is 9.48 Å². The van der Waals surface area contributed by atoms with Gasteiger partial charge in [0.1, 0.15) is 12.4 Å². The molecule has 0 radical (unpaired) electrons. The number of hydrogen-bond acceptors (Lipinski definition) is 4. The molecule has 1 aromatic heterocycles. The van der Waals surface area contributed by atoms with Crippen LogP contribution in [0.1, 0.15) is 38.4 Å². The number of carbonyl (C=O) groups excluding carboxylic acids is 1. The number of aromatic nitrogens is 2. The van der Waals surface area contributed by atoms with E-state index in [0.29, 0.717) is 24.5 Å². The van der Waals surface area contributed by atoms with Crippen molar-refractivity contribution in [2.75, 3.05) is 0 Å². The molecule has 4 aromatic rings. The average molecular weight is 517 g/mol. The van der Waals surface area contributed by atoms with E-state index in [1.165, 1.54) is 0 Å². The summed E-state index contributed by atoms with van der Waals surface area (Å²) >= 11 is 3.47. The van der Waals surface area contributed by atoms with E-state index in [1.54, 1.807) is 18.3 Å². The summed E-state index contributed by atoms with van der Waals surface area (Å²) in [4.78, 5) is 12.5. The molecule has 0 aliphatic rings. The van der Waals surface area contributed by atoms with Crippen molar-refractivity contribution in [1.82, 2.24) is 15.2 Å². The van der Waals surface area contributed by atoms with Gasteiger partial charge in [-0.15, -0.1) is 0 Å². The Labute approximate surface area is 207 Å². The van der Waals surface area contributed by atoms with Crippen LogP contribution in [0.15, 0.2) is 88.4 Å². The molecule has 0 spiro atoms. The minimum atomic E-state index is -0.276. The number of amides is 1. The molecule has 0 unspecified atom stereocenters. The predicted octanol–water partition coefficient (Wildman–Crippen LogP) is 5.65. The van der Waals surface area contributed by atoms with Gasteiger partial charge in [-0.25, -0.2) is 5.43 Å². The third-order valence-electron chi connectivity index (χ3n) is 5.22. The van der Waals surface area contributed by atoms with Crippen molar-refractivity contribution >= 4 is 28.1 Å². The molecule has 0 bridgehead atoms. The number of para-hydroxylation sites is 1. The summed E-state index contributed by atoms with van der Waals surface area (Å²) in [5, 5.41) is 8.61. The number of hydrazone groups is 1. The van der Waals surface area contributed by atoms with Crippen LogP contribution in [0.3, 0.4) is 0 Å². The van der Waals surface area contributed by atoms with E-state index in [0.717, 1.165) is 32.6 Å². The normalized spacial score (nSPS) is 11.0. The van der Waals surface area contributed by atoms with E-state index in [1.807, 2.05) is 85.3 Å². The van der Waals surface area contributed by atoms with Gasteiger partial charge in [0.2, 0.25) is 0 Å². The molecule has 0 fully saturated rings. The van der Waals surface area contributed by atoms with Crippen LogP contribution >= 0.6 is 15.9 Å². The van der Waals surface area contributed by atoms with E-state index >= 15 is 0 Å². The number of carbonyl (C=O) groups is 1. The van der Waals surface area contributed by atoms with Gasteiger partial charge in [0, 0.05) is 21.3 Å². The van der Waals surface area contributed by atoms with E-state index in [4.69, 9.17) is 4.74 Å². The lowest BCUT2D eigenvalue weighted by Crippen LogP contribution is -2.17.